The summed E-state index contributed by atoms with van der Waals surface area (Å²) >= 11 is 0. The molecule has 2 heterocycles. The molecule has 2 saturated heterocycles. The summed E-state index contributed by atoms with van der Waals surface area (Å²) in [6.45, 7) is 16.6. The number of hydrogen-bond acceptors (Lipinski definition) is 4. The summed E-state index contributed by atoms with van der Waals surface area (Å²) in [7, 11) is 5.55. The zero-order valence-corrected chi connectivity index (χ0v) is 21.1. The molecule has 0 unspecified atom stereocenters. The van der Waals surface area contributed by atoms with Gasteiger partial charge in [0.1, 0.15) is 0 Å². The average molecular weight is 442 g/mol. The molecule has 4 nitrogen and oxygen atoms in total. The van der Waals surface area contributed by atoms with E-state index in [4.69, 9.17) is 26.5 Å². The summed E-state index contributed by atoms with van der Waals surface area (Å²) < 4.78 is 25.2. The van der Waals surface area contributed by atoms with Crippen molar-refractivity contribution in [3.8, 4) is 11.1 Å². The SMILES string of the molecule is [B]CC1c2cc(B3OC(C)(C)C(C)(C)O3)ccc2-c2ccc(B3OC(C)(C)C(C)(C)O3)cc21. The van der Waals surface area contributed by atoms with Crippen LogP contribution in [0.2, 0.25) is 6.32 Å². The van der Waals surface area contributed by atoms with Crippen molar-refractivity contribution < 1.29 is 18.6 Å². The lowest BCUT2D eigenvalue weighted by atomic mass is 9.74. The van der Waals surface area contributed by atoms with E-state index in [2.05, 4.69) is 91.8 Å². The van der Waals surface area contributed by atoms with Crippen LogP contribution in [-0.2, 0) is 18.6 Å². The van der Waals surface area contributed by atoms with Crippen LogP contribution in [0.3, 0.4) is 0 Å². The lowest BCUT2D eigenvalue weighted by molar-refractivity contribution is 0.00578. The van der Waals surface area contributed by atoms with Gasteiger partial charge in [-0.3, -0.25) is 0 Å². The minimum atomic E-state index is -0.386. The first-order valence-corrected chi connectivity index (χ1v) is 12.0. The Kier molecular flexibility index (Phi) is 5.10. The Balaban J connectivity index is 1.48. The Morgan fingerprint density at radius 3 is 1.27 bits per heavy atom. The molecule has 0 N–H and O–H groups in total. The van der Waals surface area contributed by atoms with E-state index in [9.17, 15) is 0 Å². The molecule has 0 saturated carbocycles. The van der Waals surface area contributed by atoms with Crippen molar-refractivity contribution in [2.24, 2.45) is 0 Å². The molecule has 0 amide bonds. The first-order valence-electron chi connectivity index (χ1n) is 12.0. The third kappa shape index (κ3) is 3.46. The van der Waals surface area contributed by atoms with Crippen molar-refractivity contribution in [3.63, 3.8) is 0 Å². The highest BCUT2D eigenvalue weighted by Crippen LogP contribution is 2.46. The first kappa shape index (κ1) is 23.2. The number of benzene rings is 2. The van der Waals surface area contributed by atoms with Crippen LogP contribution in [0.25, 0.3) is 11.1 Å². The molecule has 0 bridgehead atoms. The third-order valence-corrected chi connectivity index (χ3v) is 8.48. The van der Waals surface area contributed by atoms with Crippen LogP contribution in [0.4, 0.5) is 0 Å². The molecule has 1 aliphatic carbocycles. The summed E-state index contributed by atoms with van der Waals surface area (Å²) in [4.78, 5) is 0. The fraction of sp³-hybridized carbons (Fsp3) is 0.538. The van der Waals surface area contributed by atoms with Gasteiger partial charge in [-0.25, -0.2) is 0 Å². The molecule has 7 heteroatoms. The van der Waals surface area contributed by atoms with Gasteiger partial charge in [0.05, 0.1) is 30.3 Å². The maximum atomic E-state index is 6.32. The molecular weight excluding hydrogens is 409 g/mol. The Morgan fingerprint density at radius 1 is 0.636 bits per heavy atom. The summed E-state index contributed by atoms with van der Waals surface area (Å²) in [5.41, 5.74) is 5.48. The maximum Gasteiger partial charge on any atom is 0.494 e. The van der Waals surface area contributed by atoms with Crippen LogP contribution >= 0.6 is 0 Å². The number of rotatable bonds is 3. The van der Waals surface area contributed by atoms with Crippen LogP contribution in [0.1, 0.15) is 72.4 Å². The topological polar surface area (TPSA) is 36.9 Å². The summed E-state index contributed by atoms with van der Waals surface area (Å²) in [5, 5.41) is 0. The van der Waals surface area contributed by atoms with Gasteiger partial charge in [0.15, 0.2) is 0 Å². The Labute approximate surface area is 200 Å². The summed E-state index contributed by atoms with van der Waals surface area (Å²) in [5.74, 6) is 0.111. The van der Waals surface area contributed by atoms with Crippen molar-refractivity contribution in [2.75, 3.05) is 0 Å². The van der Waals surface area contributed by atoms with Crippen LogP contribution < -0.4 is 10.9 Å². The van der Waals surface area contributed by atoms with Crippen molar-refractivity contribution in [1.29, 1.82) is 0 Å². The van der Waals surface area contributed by atoms with Gasteiger partial charge in [0.2, 0.25) is 0 Å². The van der Waals surface area contributed by atoms with Crippen LogP contribution in [0, 0.1) is 0 Å². The van der Waals surface area contributed by atoms with Gasteiger partial charge in [-0.05, 0) is 88.6 Å². The Hall–Kier alpha value is -1.53. The van der Waals surface area contributed by atoms with E-state index in [-0.39, 0.29) is 42.6 Å². The van der Waals surface area contributed by atoms with Crippen molar-refractivity contribution in [3.05, 3.63) is 47.5 Å². The summed E-state index contributed by atoms with van der Waals surface area (Å²) in [6.07, 6.45) is 0.527. The molecule has 5 rings (SSSR count). The van der Waals surface area contributed by atoms with Crippen LogP contribution in [0.5, 0.6) is 0 Å². The zero-order chi connectivity index (χ0) is 24.0. The molecule has 170 valence electrons. The van der Waals surface area contributed by atoms with Crippen LogP contribution in [0.15, 0.2) is 36.4 Å². The molecule has 0 spiro atoms. The van der Waals surface area contributed by atoms with Gasteiger partial charge >= 0.3 is 14.2 Å². The van der Waals surface area contributed by atoms with E-state index in [0.29, 0.717) is 6.32 Å². The fourth-order valence-electron chi connectivity index (χ4n) is 4.90. The van der Waals surface area contributed by atoms with E-state index < -0.39 is 0 Å². The molecule has 2 aliphatic heterocycles. The predicted octanol–water partition coefficient (Wildman–Crippen LogP) is 3.98. The van der Waals surface area contributed by atoms with Crippen molar-refractivity contribution in [1.82, 2.24) is 0 Å². The first-order chi connectivity index (χ1) is 15.3. The highest BCUT2D eigenvalue weighted by Gasteiger charge is 2.53. The molecule has 2 radical (unpaired) electrons. The monoisotopic (exact) mass is 442 g/mol. The van der Waals surface area contributed by atoms with E-state index >= 15 is 0 Å². The van der Waals surface area contributed by atoms with Crippen LogP contribution in [-0.4, -0.2) is 44.5 Å². The quantitative estimate of drug-likeness (QED) is 0.675. The Bertz CT molecular complexity index is 991. The normalized spacial score (nSPS) is 24.2. The second-order valence-electron chi connectivity index (χ2n) is 11.7. The lowest BCUT2D eigenvalue weighted by Crippen LogP contribution is -2.41. The minimum absolute atomic E-state index is 0.111. The lowest BCUT2D eigenvalue weighted by Gasteiger charge is -2.32. The predicted molar refractivity (Wildman–Crippen MR) is 136 cm³/mol. The van der Waals surface area contributed by atoms with Gasteiger partial charge in [-0.2, -0.15) is 0 Å². The van der Waals surface area contributed by atoms with Gasteiger partial charge in [-0.1, -0.05) is 42.7 Å². The molecule has 33 heavy (non-hydrogen) atoms. The zero-order valence-electron chi connectivity index (χ0n) is 21.1. The smallest absolute Gasteiger partial charge is 0.399 e. The van der Waals surface area contributed by atoms with E-state index in [1.54, 1.807) is 0 Å². The molecule has 2 aromatic carbocycles. The molecule has 0 atom stereocenters. The van der Waals surface area contributed by atoms with Crippen molar-refractivity contribution in [2.45, 2.75) is 90.0 Å². The van der Waals surface area contributed by atoms with Gasteiger partial charge in [-0.15, -0.1) is 0 Å². The van der Waals surface area contributed by atoms with E-state index in [0.717, 1.165) is 10.9 Å². The molecule has 3 aliphatic rings. The minimum Gasteiger partial charge on any atom is -0.399 e. The van der Waals surface area contributed by atoms with Crippen molar-refractivity contribution >= 4 is 33.0 Å². The molecular formula is C26H33B3O4. The highest BCUT2D eigenvalue weighted by molar-refractivity contribution is 6.62. The number of fused-ring (bicyclic) bond motifs is 3. The molecule has 2 aromatic rings. The van der Waals surface area contributed by atoms with E-state index in [1.807, 2.05) is 0 Å². The van der Waals surface area contributed by atoms with Gasteiger partial charge in [0, 0.05) is 5.92 Å². The Morgan fingerprint density at radius 2 is 0.970 bits per heavy atom. The second-order valence-corrected chi connectivity index (χ2v) is 11.7. The standard InChI is InChI=1S/C26H33B3O4/c1-23(2)24(3,4)31-28(30-23)16-9-11-18-19-12-10-17(14-21(19)22(15-27)20(18)13-16)29-32-25(5,6)26(7,8)33-29/h9-14,22H,15H2,1-8H3. The maximum absolute atomic E-state index is 6.32. The largest absolute Gasteiger partial charge is 0.494 e. The van der Waals surface area contributed by atoms with Gasteiger partial charge < -0.3 is 18.6 Å². The van der Waals surface area contributed by atoms with Gasteiger partial charge in [0.25, 0.3) is 0 Å². The second kappa shape index (κ2) is 7.24. The summed E-state index contributed by atoms with van der Waals surface area (Å²) in [6, 6.07) is 13.0. The molecule has 0 aromatic heterocycles. The molecule has 2 fully saturated rings. The third-order valence-electron chi connectivity index (χ3n) is 8.48. The fourth-order valence-corrected chi connectivity index (χ4v) is 4.90. The average Bonchev–Trinajstić information content (AvgIpc) is 3.23. The number of hydrogen-bond donors (Lipinski definition) is 0. The van der Waals surface area contributed by atoms with E-state index in [1.165, 1.54) is 22.3 Å². The highest BCUT2D eigenvalue weighted by atomic mass is 16.7.